The lowest BCUT2D eigenvalue weighted by Crippen LogP contribution is -2.19. The fourth-order valence-corrected chi connectivity index (χ4v) is 1.82. The quantitative estimate of drug-likeness (QED) is 0.561. The van der Waals surface area contributed by atoms with Crippen LogP contribution in [-0.2, 0) is 9.59 Å². The van der Waals surface area contributed by atoms with Crippen molar-refractivity contribution >= 4 is 24.6 Å². The molecule has 15 heavy (non-hydrogen) atoms. The highest BCUT2D eigenvalue weighted by molar-refractivity contribution is 7.80. The molecule has 0 saturated heterocycles. The zero-order valence-electron chi connectivity index (χ0n) is 8.85. The number of hydrogen-bond acceptors (Lipinski definition) is 3. The van der Waals surface area contributed by atoms with E-state index >= 15 is 0 Å². The van der Waals surface area contributed by atoms with Gasteiger partial charge in [0.15, 0.2) is 0 Å². The third kappa shape index (κ3) is 6.38. The lowest BCUT2D eigenvalue weighted by atomic mass is 9.90. The van der Waals surface area contributed by atoms with Crippen LogP contribution in [0.5, 0.6) is 0 Å². The Kier molecular flexibility index (Phi) is 7.21. The molecule has 88 valence electrons. The van der Waals surface area contributed by atoms with Crippen LogP contribution in [-0.4, -0.2) is 27.9 Å². The molecule has 0 spiro atoms. The van der Waals surface area contributed by atoms with Gasteiger partial charge in [-0.2, -0.15) is 12.6 Å². The van der Waals surface area contributed by atoms with E-state index in [1.54, 1.807) is 0 Å². The van der Waals surface area contributed by atoms with Gasteiger partial charge in [0.25, 0.3) is 0 Å². The Balaban J connectivity index is 4.14. The summed E-state index contributed by atoms with van der Waals surface area (Å²) in [7, 11) is 0. The molecule has 0 aliphatic carbocycles. The monoisotopic (exact) mass is 234 g/mol. The molecule has 0 rings (SSSR count). The molecule has 2 unspecified atom stereocenters. The first kappa shape index (κ1) is 14.3. The maximum Gasteiger partial charge on any atom is 0.306 e. The van der Waals surface area contributed by atoms with Crippen LogP contribution >= 0.6 is 12.6 Å². The third-order valence-corrected chi connectivity index (χ3v) is 3.03. The van der Waals surface area contributed by atoms with Gasteiger partial charge in [0.05, 0.1) is 5.92 Å². The number of hydrogen-bond donors (Lipinski definition) is 3. The summed E-state index contributed by atoms with van der Waals surface area (Å²) in [5.41, 5.74) is 0. The normalized spacial score (nSPS) is 14.5. The molecule has 0 aromatic rings. The van der Waals surface area contributed by atoms with E-state index in [0.29, 0.717) is 12.2 Å². The van der Waals surface area contributed by atoms with Gasteiger partial charge in [0.2, 0.25) is 0 Å². The van der Waals surface area contributed by atoms with E-state index in [9.17, 15) is 9.59 Å². The average molecular weight is 234 g/mol. The minimum absolute atomic E-state index is 0.0834. The number of carbonyl (C=O) groups is 2. The van der Waals surface area contributed by atoms with Gasteiger partial charge in [-0.1, -0.05) is 13.3 Å². The van der Waals surface area contributed by atoms with E-state index in [1.165, 1.54) is 0 Å². The van der Waals surface area contributed by atoms with Crippen molar-refractivity contribution in [2.75, 3.05) is 5.75 Å². The molecule has 0 aliphatic heterocycles. The van der Waals surface area contributed by atoms with Crippen molar-refractivity contribution in [2.45, 2.75) is 32.6 Å². The molecule has 0 saturated carbocycles. The van der Waals surface area contributed by atoms with Crippen LogP contribution in [0.3, 0.4) is 0 Å². The molecule has 2 N–H and O–H groups in total. The number of aliphatic carboxylic acids is 2. The molecule has 0 aromatic carbocycles. The first-order chi connectivity index (χ1) is 7.01. The van der Waals surface area contributed by atoms with Crippen molar-refractivity contribution in [2.24, 2.45) is 11.8 Å². The van der Waals surface area contributed by atoms with Crippen molar-refractivity contribution in [3.8, 4) is 0 Å². The molecule has 0 bridgehead atoms. The summed E-state index contributed by atoms with van der Waals surface area (Å²) in [6.45, 7) is 1.98. The van der Waals surface area contributed by atoms with E-state index < -0.39 is 17.9 Å². The van der Waals surface area contributed by atoms with Crippen molar-refractivity contribution < 1.29 is 19.8 Å². The molecule has 0 aromatic heterocycles. The third-order valence-electron chi connectivity index (χ3n) is 2.51. The minimum Gasteiger partial charge on any atom is -0.481 e. The maximum absolute atomic E-state index is 10.9. The van der Waals surface area contributed by atoms with Crippen LogP contribution in [0, 0.1) is 11.8 Å². The van der Waals surface area contributed by atoms with Gasteiger partial charge in [-0.05, 0) is 24.5 Å². The van der Waals surface area contributed by atoms with Crippen LogP contribution in [0.2, 0.25) is 0 Å². The Labute approximate surface area is 95.1 Å². The summed E-state index contributed by atoms with van der Waals surface area (Å²) >= 11 is 4.14. The molecular formula is C10H18O4S. The maximum atomic E-state index is 10.9. The summed E-state index contributed by atoms with van der Waals surface area (Å²) in [6, 6.07) is 0. The van der Waals surface area contributed by atoms with Gasteiger partial charge in [-0.25, -0.2) is 0 Å². The SMILES string of the molecule is CCC(CS)CC(CCC(=O)O)C(=O)O. The molecule has 0 amide bonds. The molecule has 4 nitrogen and oxygen atoms in total. The summed E-state index contributed by atoms with van der Waals surface area (Å²) in [5, 5.41) is 17.4. The first-order valence-corrected chi connectivity index (χ1v) is 5.69. The lowest BCUT2D eigenvalue weighted by Gasteiger charge is -2.17. The van der Waals surface area contributed by atoms with Crippen LogP contribution in [0.25, 0.3) is 0 Å². The van der Waals surface area contributed by atoms with Gasteiger partial charge < -0.3 is 10.2 Å². The Morgan fingerprint density at radius 1 is 1.33 bits per heavy atom. The molecule has 0 fully saturated rings. The number of thiol groups is 1. The largest absolute Gasteiger partial charge is 0.481 e. The Hall–Kier alpha value is -0.710. The van der Waals surface area contributed by atoms with Gasteiger partial charge in [0.1, 0.15) is 0 Å². The highest BCUT2D eigenvalue weighted by Gasteiger charge is 2.21. The predicted octanol–water partition coefficient (Wildman–Crippen LogP) is 1.90. The standard InChI is InChI=1S/C10H18O4S/c1-2-7(6-15)5-8(10(13)14)3-4-9(11)12/h7-8,15H,2-6H2,1H3,(H,11,12)(H,13,14). The van der Waals surface area contributed by atoms with Gasteiger partial charge >= 0.3 is 11.9 Å². The van der Waals surface area contributed by atoms with Crippen molar-refractivity contribution in [3.63, 3.8) is 0 Å². The van der Waals surface area contributed by atoms with Crippen LogP contribution in [0.4, 0.5) is 0 Å². The highest BCUT2D eigenvalue weighted by Crippen LogP contribution is 2.21. The first-order valence-electron chi connectivity index (χ1n) is 5.06. The smallest absolute Gasteiger partial charge is 0.306 e. The summed E-state index contributed by atoms with van der Waals surface area (Å²) < 4.78 is 0. The van der Waals surface area contributed by atoms with Crippen molar-refractivity contribution in [1.82, 2.24) is 0 Å². The molecule has 0 aliphatic rings. The summed E-state index contributed by atoms with van der Waals surface area (Å²) in [5.74, 6) is -1.51. The van der Waals surface area contributed by atoms with E-state index in [4.69, 9.17) is 10.2 Å². The molecule has 5 heteroatoms. The van der Waals surface area contributed by atoms with E-state index in [0.717, 1.165) is 6.42 Å². The molecule has 2 atom stereocenters. The zero-order chi connectivity index (χ0) is 11.8. The summed E-state index contributed by atoms with van der Waals surface area (Å²) in [4.78, 5) is 21.2. The van der Waals surface area contributed by atoms with Crippen molar-refractivity contribution in [3.05, 3.63) is 0 Å². The second-order valence-electron chi connectivity index (χ2n) is 3.66. The second kappa shape index (κ2) is 7.56. The molecular weight excluding hydrogens is 216 g/mol. The van der Waals surface area contributed by atoms with Crippen LogP contribution < -0.4 is 0 Å². The number of carboxylic acids is 2. The predicted molar refractivity (Wildman–Crippen MR) is 60.2 cm³/mol. The Morgan fingerprint density at radius 3 is 2.27 bits per heavy atom. The molecule has 0 radical (unpaired) electrons. The molecule has 0 heterocycles. The van der Waals surface area contributed by atoms with Crippen LogP contribution in [0.15, 0.2) is 0 Å². The topological polar surface area (TPSA) is 74.6 Å². The fraction of sp³-hybridized carbons (Fsp3) is 0.800. The second-order valence-corrected chi connectivity index (χ2v) is 4.03. The van der Waals surface area contributed by atoms with Gasteiger partial charge in [-0.15, -0.1) is 0 Å². The van der Waals surface area contributed by atoms with Gasteiger partial charge in [-0.3, -0.25) is 9.59 Å². The van der Waals surface area contributed by atoms with Crippen molar-refractivity contribution in [1.29, 1.82) is 0 Å². The Morgan fingerprint density at radius 2 is 1.93 bits per heavy atom. The number of rotatable bonds is 8. The van der Waals surface area contributed by atoms with E-state index in [2.05, 4.69) is 12.6 Å². The summed E-state index contributed by atoms with van der Waals surface area (Å²) in [6.07, 6.45) is 1.51. The van der Waals surface area contributed by atoms with Crippen LogP contribution in [0.1, 0.15) is 32.6 Å². The fourth-order valence-electron chi connectivity index (χ4n) is 1.41. The lowest BCUT2D eigenvalue weighted by molar-refractivity contribution is -0.143. The van der Waals surface area contributed by atoms with E-state index in [-0.39, 0.29) is 18.8 Å². The number of carboxylic acid groups (broad SMARTS) is 2. The average Bonchev–Trinajstić information content (AvgIpc) is 2.17. The van der Waals surface area contributed by atoms with Gasteiger partial charge in [0, 0.05) is 6.42 Å². The zero-order valence-corrected chi connectivity index (χ0v) is 9.74. The Bertz CT molecular complexity index is 213. The highest BCUT2D eigenvalue weighted by atomic mass is 32.1. The minimum atomic E-state index is -0.944. The van der Waals surface area contributed by atoms with E-state index in [1.807, 2.05) is 6.92 Å².